The molecule has 0 saturated heterocycles. The minimum atomic E-state index is -4.58. The van der Waals surface area contributed by atoms with Gasteiger partial charge < -0.3 is 5.73 Å². The van der Waals surface area contributed by atoms with Crippen LogP contribution in [0.3, 0.4) is 0 Å². The minimum absolute atomic E-state index is 0.223. The fourth-order valence-electron chi connectivity index (χ4n) is 2.33. The molecule has 1 aromatic heterocycles. The van der Waals surface area contributed by atoms with E-state index in [0.717, 1.165) is 6.07 Å². The second kappa shape index (κ2) is 8.76. The van der Waals surface area contributed by atoms with Crippen molar-refractivity contribution in [2.24, 2.45) is 0 Å². The Morgan fingerprint density at radius 1 is 1.04 bits per heavy atom. The summed E-state index contributed by atoms with van der Waals surface area (Å²) in [7, 11) is 0. The predicted octanol–water partition coefficient (Wildman–Crippen LogP) is 5.09. The summed E-state index contributed by atoms with van der Waals surface area (Å²) in [5.74, 6) is 0. The third kappa shape index (κ3) is 4.92. The maximum absolute atomic E-state index is 13.2. The molecule has 0 atom stereocenters. The zero-order valence-corrected chi connectivity index (χ0v) is 16.5. The number of hydrogen-bond acceptors (Lipinski definition) is 4. The molecule has 0 saturated carbocycles. The Morgan fingerprint density at radius 2 is 1.54 bits per heavy atom. The second-order valence-electron chi connectivity index (χ2n) is 5.55. The highest BCUT2D eigenvalue weighted by Gasteiger charge is 2.35. The maximum atomic E-state index is 13.2. The molecule has 0 spiro atoms. The van der Waals surface area contributed by atoms with E-state index < -0.39 is 23.4 Å². The van der Waals surface area contributed by atoms with Crippen LogP contribution in [0.5, 0.6) is 0 Å². The number of nitrogen functional groups attached to an aromatic ring is 1. The number of halogens is 5. The lowest BCUT2D eigenvalue weighted by Crippen LogP contribution is -2.07. The van der Waals surface area contributed by atoms with Gasteiger partial charge in [-0.05, 0) is 55.0 Å². The van der Waals surface area contributed by atoms with Crippen LogP contribution < -0.4 is 5.73 Å². The van der Waals surface area contributed by atoms with Crippen molar-refractivity contribution in [3.8, 4) is 16.9 Å². The smallest absolute Gasteiger partial charge is 0.399 e. The zero-order chi connectivity index (χ0) is 21.1. The summed E-state index contributed by atoms with van der Waals surface area (Å²) >= 11 is 11.5. The van der Waals surface area contributed by atoms with E-state index in [2.05, 4.69) is 5.10 Å². The van der Waals surface area contributed by atoms with Gasteiger partial charge in [-0.3, -0.25) is 0 Å². The Hall–Kier alpha value is -2.36. The number of hydrogen-bond donors (Lipinski definition) is 1. The van der Waals surface area contributed by atoms with Crippen molar-refractivity contribution in [3.05, 3.63) is 63.8 Å². The Balaban J connectivity index is 0.000000878. The molecule has 28 heavy (non-hydrogen) atoms. The zero-order valence-electron chi connectivity index (χ0n) is 14.1. The van der Waals surface area contributed by atoms with E-state index >= 15 is 0 Å². The highest BCUT2D eigenvalue weighted by Crippen LogP contribution is 2.36. The van der Waals surface area contributed by atoms with Gasteiger partial charge in [-0.15, -0.1) is 0 Å². The van der Waals surface area contributed by atoms with E-state index in [1.165, 1.54) is 4.68 Å². The lowest BCUT2D eigenvalue weighted by atomic mass is 10.1. The number of rotatable bonds is 2. The van der Waals surface area contributed by atoms with Gasteiger partial charge in [0, 0.05) is 21.3 Å². The lowest BCUT2D eigenvalue weighted by molar-refractivity contribution is -0.141. The first-order valence-corrected chi connectivity index (χ1v) is 8.91. The highest BCUT2D eigenvalue weighted by atomic mass is 35.5. The summed E-state index contributed by atoms with van der Waals surface area (Å²) in [6.07, 6.45) is -4.58. The molecule has 0 fully saturated rings. The Morgan fingerprint density at radius 3 is 2.00 bits per heavy atom. The number of nitrogens with two attached hydrogens (primary N) is 1. The van der Waals surface area contributed by atoms with Crippen molar-refractivity contribution in [3.63, 3.8) is 0 Å². The van der Waals surface area contributed by atoms with E-state index in [1.807, 2.05) is 0 Å². The molecule has 1 heterocycles. The van der Waals surface area contributed by atoms with Gasteiger partial charge in [0.25, 0.3) is 0 Å². The topological polar surface area (TPSA) is 78.0 Å². The fourth-order valence-corrected chi connectivity index (χ4v) is 2.82. The number of aromatic nitrogens is 2. The number of alkyl halides is 3. The molecule has 0 aliphatic rings. The second-order valence-corrected chi connectivity index (χ2v) is 6.50. The van der Waals surface area contributed by atoms with Gasteiger partial charge in [-0.25, -0.2) is 4.68 Å². The van der Waals surface area contributed by atoms with Crippen LogP contribution in [-0.4, -0.2) is 18.2 Å². The molecule has 0 radical (unpaired) electrons. The summed E-state index contributed by atoms with van der Waals surface area (Å²) in [6.45, 7) is 1.73. The van der Waals surface area contributed by atoms with E-state index in [1.54, 1.807) is 43.3 Å². The number of benzene rings is 2. The van der Waals surface area contributed by atoms with Crippen LogP contribution in [0.25, 0.3) is 16.9 Å². The summed E-state index contributed by atoms with van der Waals surface area (Å²) < 4.78 is 57.2. The molecule has 3 rings (SSSR count). The van der Waals surface area contributed by atoms with E-state index in [4.69, 9.17) is 37.4 Å². The summed E-state index contributed by atoms with van der Waals surface area (Å²) in [5, 5.41) is 4.43. The van der Waals surface area contributed by atoms with Gasteiger partial charge in [0.2, 0.25) is 0 Å². The van der Waals surface area contributed by atoms with Crippen LogP contribution >= 0.6 is 23.2 Å². The third-order valence-electron chi connectivity index (χ3n) is 3.71. The SMILES string of the molecule is Cc1c(Cl)cc(-c2cc(C(F)(F)F)nn2-c2ccc(N)cc2)cc1Cl.O=S=O. The molecule has 2 N–H and O–H groups in total. The van der Waals surface area contributed by atoms with Crippen LogP contribution in [0.2, 0.25) is 10.0 Å². The molecule has 0 unspecified atom stereocenters. The lowest BCUT2D eigenvalue weighted by Gasteiger charge is -2.10. The molecule has 0 aliphatic heterocycles. The third-order valence-corrected chi connectivity index (χ3v) is 4.50. The maximum Gasteiger partial charge on any atom is 0.435 e. The quantitative estimate of drug-likeness (QED) is 0.552. The van der Waals surface area contributed by atoms with Crippen molar-refractivity contribution in [1.29, 1.82) is 0 Å². The first-order chi connectivity index (χ1) is 13.1. The van der Waals surface area contributed by atoms with Crippen molar-refractivity contribution in [1.82, 2.24) is 9.78 Å². The van der Waals surface area contributed by atoms with Crippen molar-refractivity contribution in [2.75, 3.05) is 5.73 Å². The molecule has 2 aromatic carbocycles. The molecule has 3 aromatic rings. The van der Waals surface area contributed by atoms with E-state index in [0.29, 0.717) is 32.5 Å². The average Bonchev–Trinajstić information content (AvgIpc) is 3.06. The van der Waals surface area contributed by atoms with Crippen molar-refractivity contribution in [2.45, 2.75) is 13.1 Å². The van der Waals surface area contributed by atoms with Crippen LogP contribution in [0.15, 0.2) is 42.5 Å². The van der Waals surface area contributed by atoms with Crippen LogP contribution in [0, 0.1) is 6.92 Å². The summed E-state index contributed by atoms with van der Waals surface area (Å²) in [4.78, 5) is 0. The molecule has 148 valence electrons. The number of nitrogens with zero attached hydrogens (tertiary/aromatic N) is 2. The van der Waals surface area contributed by atoms with Gasteiger partial charge in [-0.1, -0.05) is 23.2 Å². The summed E-state index contributed by atoms with van der Waals surface area (Å²) in [5.41, 5.74) is 6.87. The molecular formula is C17H12Cl2F3N3O2S. The Kier molecular flexibility index (Phi) is 6.87. The van der Waals surface area contributed by atoms with Gasteiger partial charge in [0.15, 0.2) is 5.69 Å². The highest BCUT2D eigenvalue weighted by molar-refractivity contribution is 7.51. The van der Waals surface area contributed by atoms with Gasteiger partial charge >= 0.3 is 17.7 Å². The van der Waals surface area contributed by atoms with Gasteiger partial charge in [0.05, 0.1) is 11.4 Å². The molecular weight excluding hydrogens is 438 g/mol. The summed E-state index contributed by atoms with van der Waals surface area (Å²) in [6, 6.07) is 10.4. The molecule has 11 heteroatoms. The van der Waals surface area contributed by atoms with E-state index in [9.17, 15) is 13.2 Å². The number of anilines is 1. The first kappa shape index (κ1) is 21.9. The largest absolute Gasteiger partial charge is 0.435 e. The first-order valence-electron chi connectivity index (χ1n) is 7.49. The van der Waals surface area contributed by atoms with Crippen molar-refractivity contribution < 1.29 is 21.6 Å². The minimum Gasteiger partial charge on any atom is -0.399 e. The molecule has 0 amide bonds. The average molecular weight is 450 g/mol. The Labute approximate surface area is 171 Å². The van der Waals surface area contributed by atoms with Gasteiger partial charge in [-0.2, -0.15) is 26.7 Å². The molecule has 0 aliphatic carbocycles. The normalized spacial score (nSPS) is 10.9. The standard InChI is InChI=1S/C17H12Cl2F3N3.O2S/c1-9-13(18)6-10(7-14(9)19)15-8-16(17(20,21)22)24-25(15)12-4-2-11(23)3-5-12;1-3-2/h2-8H,23H2,1H3;. The van der Waals surface area contributed by atoms with Crippen LogP contribution in [0.1, 0.15) is 11.3 Å². The monoisotopic (exact) mass is 449 g/mol. The van der Waals surface area contributed by atoms with Crippen LogP contribution in [-0.2, 0) is 17.7 Å². The Bertz CT molecular complexity index is 1010. The van der Waals surface area contributed by atoms with E-state index in [-0.39, 0.29) is 5.69 Å². The molecule has 5 nitrogen and oxygen atoms in total. The predicted molar refractivity (Wildman–Crippen MR) is 102 cm³/mol. The van der Waals surface area contributed by atoms with Crippen molar-refractivity contribution >= 4 is 40.5 Å². The molecule has 0 bridgehead atoms. The fraction of sp³-hybridized carbons (Fsp3) is 0.118. The van der Waals surface area contributed by atoms with Gasteiger partial charge in [0.1, 0.15) is 0 Å². The van der Waals surface area contributed by atoms with Crippen LogP contribution in [0.4, 0.5) is 18.9 Å².